The van der Waals surface area contributed by atoms with Gasteiger partial charge in [-0.15, -0.1) is 0 Å². The molecule has 0 saturated carbocycles. The second-order valence-electron chi connectivity index (χ2n) is 6.68. The summed E-state index contributed by atoms with van der Waals surface area (Å²) in [6.07, 6.45) is 0. The first kappa shape index (κ1) is 20.1. The fraction of sp³-hybridized carbons (Fsp3) is 0.625. The molecule has 1 aromatic rings. The summed E-state index contributed by atoms with van der Waals surface area (Å²) in [4.78, 5) is 0. The molecule has 0 radical (unpaired) electrons. The summed E-state index contributed by atoms with van der Waals surface area (Å²) >= 11 is 0. The molecule has 0 spiro atoms. The summed E-state index contributed by atoms with van der Waals surface area (Å²) < 4.78 is 0. The van der Waals surface area contributed by atoms with E-state index in [1.165, 1.54) is 12.1 Å². The lowest BCUT2D eigenvalue weighted by atomic mass is 10.4. The van der Waals surface area contributed by atoms with Gasteiger partial charge in [-0.1, -0.05) is 99.0 Å². The Bertz CT molecular complexity index is 312. The molecule has 116 valence electrons. The van der Waals surface area contributed by atoms with Gasteiger partial charge in [0.25, 0.3) is 0 Å². The van der Waals surface area contributed by atoms with Crippen molar-refractivity contribution in [2.24, 2.45) is 0 Å². The summed E-state index contributed by atoms with van der Waals surface area (Å²) in [6.45, 7) is 14.5. The van der Waals surface area contributed by atoms with Crippen molar-refractivity contribution >= 4 is 41.1 Å². The van der Waals surface area contributed by atoms with Gasteiger partial charge in [-0.2, -0.15) is 0 Å². The molecule has 0 heterocycles. The van der Waals surface area contributed by atoms with E-state index in [4.69, 9.17) is 0 Å². The van der Waals surface area contributed by atoms with E-state index < -0.39 is 8.80 Å². The molecule has 1 rings (SSSR count). The Balaban J connectivity index is 0.000000441. The van der Waals surface area contributed by atoms with Gasteiger partial charge in [-0.25, -0.2) is 0 Å². The van der Waals surface area contributed by atoms with Crippen molar-refractivity contribution in [3.05, 3.63) is 30.3 Å². The predicted octanol–water partition coefficient (Wildman–Crippen LogP) is 3.20. The molecule has 1 atom stereocenters. The van der Waals surface area contributed by atoms with Crippen LogP contribution in [0.2, 0.25) is 49.6 Å². The highest BCUT2D eigenvalue weighted by Crippen LogP contribution is 2.03. The highest BCUT2D eigenvalue weighted by molar-refractivity contribution is 6.84. The van der Waals surface area contributed by atoms with Crippen LogP contribution in [0.25, 0.3) is 0 Å². The quantitative estimate of drug-likeness (QED) is 0.669. The maximum absolute atomic E-state index is 2.47. The number of benzene rings is 1. The Morgan fingerprint density at radius 1 is 0.900 bits per heavy atom. The Hall–Kier alpha value is 0.0875. The van der Waals surface area contributed by atoms with Crippen LogP contribution in [-0.4, -0.2) is 35.9 Å². The van der Waals surface area contributed by atoms with Crippen molar-refractivity contribution in [2.45, 2.75) is 63.5 Å². The molecule has 1 unspecified atom stereocenters. The lowest BCUT2D eigenvalue weighted by Crippen LogP contribution is -2.32. The van der Waals surface area contributed by atoms with E-state index in [2.05, 4.69) is 70.4 Å². The van der Waals surface area contributed by atoms with E-state index in [0.717, 1.165) is 0 Å². The normalized spacial score (nSPS) is 12.8. The van der Waals surface area contributed by atoms with Gasteiger partial charge in [-0.3, -0.25) is 0 Å². The summed E-state index contributed by atoms with van der Waals surface area (Å²) in [6, 6.07) is 14.1. The van der Waals surface area contributed by atoms with Gasteiger partial charge in [0.2, 0.25) is 0 Å². The van der Waals surface area contributed by atoms with E-state index in [1.54, 1.807) is 16.5 Å². The van der Waals surface area contributed by atoms with Crippen LogP contribution in [0.5, 0.6) is 0 Å². The van der Waals surface area contributed by atoms with Crippen molar-refractivity contribution < 1.29 is 0 Å². The molecule has 0 fully saturated rings. The predicted molar refractivity (Wildman–Crippen MR) is 110 cm³/mol. The molecule has 0 amide bonds. The molecular weight excluding hydrogens is 305 g/mol. The first-order chi connectivity index (χ1) is 9.51. The van der Waals surface area contributed by atoms with Crippen LogP contribution in [0.3, 0.4) is 0 Å². The maximum atomic E-state index is 2.47. The van der Waals surface area contributed by atoms with Crippen LogP contribution in [0.1, 0.15) is 13.8 Å². The minimum atomic E-state index is -0.567. The van der Waals surface area contributed by atoms with Gasteiger partial charge in [0.05, 0.1) is 8.80 Å². The minimum absolute atomic E-state index is 0.126. The molecule has 0 bridgehead atoms. The SMILES string of the molecule is CC[SiH2]C[SiH](C)C.CC[SiH](C[SiH](C)C)c1ccccc1. The van der Waals surface area contributed by atoms with E-state index >= 15 is 0 Å². The van der Waals surface area contributed by atoms with Crippen LogP contribution in [0.15, 0.2) is 30.3 Å². The lowest BCUT2D eigenvalue weighted by Gasteiger charge is -2.14. The van der Waals surface area contributed by atoms with Crippen molar-refractivity contribution in [1.29, 1.82) is 0 Å². The van der Waals surface area contributed by atoms with Gasteiger partial charge in [0.15, 0.2) is 0 Å². The van der Waals surface area contributed by atoms with Crippen LogP contribution in [0, 0.1) is 0 Å². The summed E-state index contributed by atoms with van der Waals surface area (Å²) in [5.74, 6) is 0. The van der Waals surface area contributed by atoms with Crippen LogP contribution in [-0.2, 0) is 0 Å². The van der Waals surface area contributed by atoms with Gasteiger partial charge >= 0.3 is 0 Å². The van der Waals surface area contributed by atoms with Crippen molar-refractivity contribution in [3.63, 3.8) is 0 Å². The van der Waals surface area contributed by atoms with E-state index in [9.17, 15) is 0 Å². The Labute approximate surface area is 135 Å². The van der Waals surface area contributed by atoms with Crippen molar-refractivity contribution in [1.82, 2.24) is 0 Å². The maximum Gasteiger partial charge on any atom is 0.0677 e. The highest BCUT2D eigenvalue weighted by Gasteiger charge is 2.12. The van der Waals surface area contributed by atoms with Crippen LogP contribution in [0.4, 0.5) is 0 Å². The standard InChI is InChI=1S/C11H20Si2.C5H16Si2/c1-4-13(10-12(2)3)11-8-6-5-7-9-11;1-4-6-5-7(2)3/h5-9,12-13H,4,10H2,1-3H3;7H,4-6H2,1-3H3. The smallest absolute Gasteiger partial charge is 0.0677 e. The fourth-order valence-corrected chi connectivity index (χ4v) is 15.6. The van der Waals surface area contributed by atoms with E-state index in [1.807, 2.05) is 0 Å². The summed E-state index contributed by atoms with van der Waals surface area (Å²) in [5.41, 5.74) is 3.26. The Morgan fingerprint density at radius 3 is 1.85 bits per heavy atom. The molecule has 0 N–H and O–H groups in total. The third-order valence-corrected chi connectivity index (χ3v) is 19.0. The monoisotopic (exact) mass is 340 g/mol. The number of hydrogen-bond acceptors (Lipinski definition) is 0. The van der Waals surface area contributed by atoms with Crippen LogP contribution < -0.4 is 5.19 Å². The average Bonchev–Trinajstić information content (AvgIpc) is 2.44. The van der Waals surface area contributed by atoms with E-state index in [-0.39, 0.29) is 17.6 Å². The van der Waals surface area contributed by atoms with Gasteiger partial charge in [0.1, 0.15) is 0 Å². The van der Waals surface area contributed by atoms with Crippen molar-refractivity contribution in [3.8, 4) is 0 Å². The molecular formula is C16H36Si4. The fourth-order valence-electron chi connectivity index (χ4n) is 2.45. The third kappa shape index (κ3) is 10.8. The Kier molecular flexibility index (Phi) is 12.9. The topological polar surface area (TPSA) is 0 Å². The zero-order valence-electron chi connectivity index (χ0n) is 14.7. The first-order valence-corrected chi connectivity index (χ1v) is 19.0. The number of hydrogen-bond donors (Lipinski definition) is 0. The molecule has 0 nitrogen and oxygen atoms in total. The minimum Gasteiger partial charge on any atom is -0.0724 e. The van der Waals surface area contributed by atoms with Gasteiger partial charge in [-0.05, 0) is 0 Å². The molecule has 20 heavy (non-hydrogen) atoms. The average molecular weight is 341 g/mol. The molecule has 0 saturated heterocycles. The zero-order valence-corrected chi connectivity index (χ0v) is 19.5. The molecule has 0 aliphatic heterocycles. The second kappa shape index (κ2) is 12.8. The Morgan fingerprint density at radius 2 is 1.50 bits per heavy atom. The zero-order chi connectivity index (χ0) is 15.4. The second-order valence-corrected chi connectivity index (χ2v) is 21.0. The third-order valence-electron chi connectivity index (χ3n) is 3.65. The largest absolute Gasteiger partial charge is 0.0724 e. The van der Waals surface area contributed by atoms with Gasteiger partial charge < -0.3 is 0 Å². The summed E-state index contributed by atoms with van der Waals surface area (Å²) in [7, 11) is -0.612. The summed E-state index contributed by atoms with van der Waals surface area (Å²) in [5, 5.41) is 1.67. The molecule has 4 heteroatoms. The molecule has 0 aliphatic carbocycles. The van der Waals surface area contributed by atoms with Gasteiger partial charge in [0, 0.05) is 27.1 Å². The number of rotatable bonds is 7. The van der Waals surface area contributed by atoms with E-state index in [0.29, 0.717) is 9.52 Å². The van der Waals surface area contributed by atoms with Crippen LogP contribution >= 0.6 is 0 Å². The molecule has 0 aliphatic rings. The van der Waals surface area contributed by atoms with Crippen molar-refractivity contribution in [2.75, 3.05) is 0 Å². The molecule has 1 aromatic carbocycles. The highest BCUT2D eigenvalue weighted by atomic mass is 28.3. The first-order valence-electron chi connectivity index (χ1n) is 8.56. The lowest BCUT2D eigenvalue weighted by molar-refractivity contribution is 1.41. The molecule has 0 aromatic heterocycles.